The predicted octanol–water partition coefficient (Wildman–Crippen LogP) is 3.36. The first-order chi connectivity index (χ1) is 9.13. The van der Waals surface area contributed by atoms with Gasteiger partial charge in [0.25, 0.3) is 0 Å². The van der Waals surface area contributed by atoms with Gasteiger partial charge >= 0.3 is 0 Å². The van der Waals surface area contributed by atoms with Gasteiger partial charge in [-0.05, 0) is 43.5 Å². The number of hydrogen-bond acceptors (Lipinski definition) is 2. The zero-order valence-electron chi connectivity index (χ0n) is 11.4. The molecule has 102 valence electrons. The summed E-state index contributed by atoms with van der Waals surface area (Å²) in [5.74, 6) is 0. The van der Waals surface area contributed by atoms with E-state index in [0.717, 1.165) is 35.8 Å². The van der Waals surface area contributed by atoms with Crippen LogP contribution in [0, 0.1) is 0 Å². The third-order valence-electron chi connectivity index (χ3n) is 3.27. The molecule has 19 heavy (non-hydrogen) atoms. The minimum absolute atomic E-state index is 0.0334. The third-order valence-corrected chi connectivity index (χ3v) is 3.52. The summed E-state index contributed by atoms with van der Waals surface area (Å²) in [7, 11) is 0. The van der Waals surface area contributed by atoms with Crippen LogP contribution in [0.2, 0.25) is 5.02 Å². The number of nitrogens with two attached hydrogens (primary N) is 1. The van der Waals surface area contributed by atoms with Gasteiger partial charge in [-0.1, -0.05) is 30.7 Å². The van der Waals surface area contributed by atoms with Crippen molar-refractivity contribution in [3.63, 3.8) is 0 Å². The van der Waals surface area contributed by atoms with Gasteiger partial charge in [0, 0.05) is 11.6 Å². The zero-order valence-corrected chi connectivity index (χ0v) is 12.2. The molecule has 4 heteroatoms. The van der Waals surface area contributed by atoms with Crippen LogP contribution >= 0.6 is 11.6 Å². The second kappa shape index (κ2) is 6.22. The summed E-state index contributed by atoms with van der Waals surface area (Å²) in [4.78, 5) is 0. The Bertz CT molecular complexity index is 531. The molecule has 1 heterocycles. The van der Waals surface area contributed by atoms with E-state index >= 15 is 0 Å². The van der Waals surface area contributed by atoms with Crippen LogP contribution in [0.25, 0.3) is 0 Å². The average Bonchev–Trinajstić information content (AvgIpc) is 2.85. The fraction of sp³-hybridized carbons (Fsp3) is 0.400. The van der Waals surface area contributed by atoms with Crippen LogP contribution in [0.4, 0.5) is 0 Å². The molecule has 3 nitrogen and oxygen atoms in total. The molecule has 1 aromatic heterocycles. The first-order valence-corrected chi connectivity index (χ1v) is 7.08. The van der Waals surface area contributed by atoms with Gasteiger partial charge in [0.1, 0.15) is 0 Å². The lowest BCUT2D eigenvalue weighted by molar-refractivity contribution is 0.565. The van der Waals surface area contributed by atoms with E-state index in [1.807, 2.05) is 28.9 Å². The number of hydrogen-bond donors (Lipinski definition) is 1. The van der Waals surface area contributed by atoms with E-state index < -0.39 is 0 Å². The Hall–Kier alpha value is -1.32. The molecule has 0 spiro atoms. The second-order valence-corrected chi connectivity index (χ2v) is 5.10. The maximum Gasteiger partial charge on any atom is 0.0625 e. The van der Waals surface area contributed by atoms with E-state index in [0.29, 0.717) is 0 Å². The van der Waals surface area contributed by atoms with Crippen molar-refractivity contribution in [2.75, 3.05) is 0 Å². The van der Waals surface area contributed by atoms with Crippen LogP contribution < -0.4 is 5.73 Å². The fourth-order valence-corrected chi connectivity index (χ4v) is 2.32. The summed E-state index contributed by atoms with van der Waals surface area (Å²) >= 11 is 5.89. The molecule has 0 saturated heterocycles. The summed E-state index contributed by atoms with van der Waals surface area (Å²) in [6.45, 7) is 5.05. The van der Waals surface area contributed by atoms with E-state index in [4.69, 9.17) is 17.3 Å². The molecule has 0 amide bonds. The van der Waals surface area contributed by atoms with Crippen LogP contribution in [0.3, 0.4) is 0 Å². The largest absolute Gasteiger partial charge is 0.322 e. The van der Waals surface area contributed by atoms with Gasteiger partial charge in [0.05, 0.1) is 17.4 Å². The fourth-order valence-electron chi connectivity index (χ4n) is 2.19. The van der Waals surface area contributed by atoms with Crippen molar-refractivity contribution in [2.45, 2.75) is 39.3 Å². The molecule has 1 atom stereocenters. The highest BCUT2D eigenvalue weighted by molar-refractivity contribution is 6.30. The molecule has 0 saturated carbocycles. The molecule has 0 aliphatic heterocycles. The smallest absolute Gasteiger partial charge is 0.0625 e. The summed E-state index contributed by atoms with van der Waals surface area (Å²) in [6.07, 6.45) is 1.74. The van der Waals surface area contributed by atoms with Crippen LogP contribution in [-0.4, -0.2) is 9.78 Å². The molecule has 0 fully saturated rings. The van der Waals surface area contributed by atoms with E-state index in [2.05, 4.69) is 25.0 Å². The summed E-state index contributed by atoms with van der Waals surface area (Å²) in [5.41, 5.74) is 9.72. The number of aryl methyl sites for hydroxylation is 2. The minimum atomic E-state index is -0.0334. The van der Waals surface area contributed by atoms with Gasteiger partial charge < -0.3 is 5.73 Å². The van der Waals surface area contributed by atoms with Gasteiger partial charge in [0.15, 0.2) is 0 Å². The molecular formula is C15H20ClN3. The van der Waals surface area contributed by atoms with Crippen LogP contribution in [0.5, 0.6) is 0 Å². The molecule has 1 unspecified atom stereocenters. The standard InChI is InChI=1S/C15H20ClN3/c1-3-13-10-15(19(4-2)18-13)14(17)9-11-5-7-12(16)8-6-11/h5-8,10,14H,3-4,9,17H2,1-2H3. The Labute approximate surface area is 119 Å². The Balaban J connectivity index is 2.16. The van der Waals surface area contributed by atoms with Gasteiger partial charge in [-0.25, -0.2) is 0 Å². The third kappa shape index (κ3) is 3.37. The van der Waals surface area contributed by atoms with Crippen molar-refractivity contribution in [2.24, 2.45) is 5.73 Å². The van der Waals surface area contributed by atoms with E-state index in [-0.39, 0.29) is 6.04 Å². The van der Waals surface area contributed by atoms with Gasteiger partial charge in [0.2, 0.25) is 0 Å². The Morgan fingerprint density at radius 1 is 1.26 bits per heavy atom. The van der Waals surface area contributed by atoms with E-state index in [9.17, 15) is 0 Å². The van der Waals surface area contributed by atoms with Crippen LogP contribution in [-0.2, 0) is 19.4 Å². The molecule has 0 bridgehead atoms. The maximum absolute atomic E-state index is 6.32. The summed E-state index contributed by atoms with van der Waals surface area (Å²) in [5, 5.41) is 5.29. The monoisotopic (exact) mass is 277 g/mol. The number of rotatable bonds is 5. The van der Waals surface area contributed by atoms with E-state index in [1.165, 1.54) is 5.56 Å². The predicted molar refractivity (Wildman–Crippen MR) is 79.4 cm³/mol. The number of aromatic nitrogens is 2. The summed E-state index contributed by atoms with van der Waals surface area (Å²) < 4.78 is 2.00. The quantitative estimate of drug-likeness (QED) is 0.911. The van der Waals surface area contributed by atoms with Crippen LogP contribution in [0.15, 0.2) is 30.3 Å². The minimum Gasteiger partial charge on any atom is -0.322 e. The maximum atomic E-state index is 6.32. The average molecular weight is 278 g/mol. The van der Waals surface area contributed by atoms with Crippen molar-refractivity contribution in [1.82, 2.24) is 9.78 Å². The number of benzene rings is 1. The highest BCUT2D eigenvalue weighted by Crippen LogP contribution is 2.19. The van der Waals surface area contributed by atoms with Crippen molar-refractivity contribution in [3.8, 4) is 0 Å². The molecule has 0 radical (unpaired) electrons. The van der Waals surface area contributed by atoms with Gasteiger partial charge in [-0.2, -0.15) is 5.10 Å². The zero-order chi connectivity index (χ0) is 13.8. The lowest BCUT2D eigenvalue weighted by Crippen LogP contribution is -2.18. The SMILES string of the molecule is CCc1cc(C(N)Cc2ccc(Cl)cc2)n(CC)n1. The van der Waals surface area contributed by atoms with E-state index in [1.54, 1.807) is 0 Å². The molecule has 2 aromatic rings. The highest BCUT2D eigenvalue weighted by Gasteiger charge is 2.14. The normalized spacial score (nSPS) is 12.6. The van der Waals surface area contributed by atoms with Crippen LogP contribution in [0.1, 0.15) is 36.8 Å². The molecule has 0 aliphatic carbocycles. The molecule has 2 rings (SSSR count). The van der Waals surface area contributed by atoms with Gasteiger partial charge in [-0.15, -0.1) is 0 Å². The lowest BCUT2D eigenvalue weighted by Gasteiger charge is -2.13. The van der Waals surface area contributed by atoms with Crippen molar-refractivity contribution >= 4 is 11.6 Å². The second-order valence-electron chi connectivity index (χ2n) is 4.67. The first kappa shape index (κ1) is 14.1. The molecule has 0 aliphatic rings. The lowest BCUT2D eigenvalue weighted by atomic mass is 10.0. The molecule has 1 aromatic carbocycles. The first-order valence-electron chi connectivity index (χ1n) is 6.70. The van der Waals surface area contributed by atoms with Crippen molar-refractivity contribution < 1.29 is 0 Å². The summed E-state index contributed by atoms with van der Waals surface area (Å²) in [6, 6.07) is 9.93. The Morgan fingerprint density at radius 2 is 1.95 bits per heavy atom. The number of halogens is 1. The topological polar surface area (TPSA) is 43.8 Å². The van der Waals surface area contributed by atoms with Crippen molar-refractivity contribution in [1.29, 1.82) is 0 Å². The Morgan fingerprint density at radius 3 is 2.53 bits per heavy atom. The Kier molecular flexibility index (Phi) is 4.61. The highest BCUT2D eigenvalue weighted by atomic mass is 35.5. The molecular weight excluding hydrogens is 258 g/mol. The number of nitrogens with zero attached hydrogens (tertiary/aromatic N) is 2. The van der Waals surface area contributed by atoms with Gasteiger partial charge in [-0.3, -0.25) is 4.68 Å². The molecule has 2 N–H and O–H groups in total. The van der Waals surface area contributed by atoms with Crippen molar-refractivity contribution in [3.05, 3.63) is 52.3 Å².